The fourth-order valence-corrected chi connectivity index (χ4v) is 7.25. The van der Waals surface area contributed by atoms with Crippen molar-refractivity contribution in [3.63, 3.8) is 0 Å². The minimum absolute atomic E-state index is 0.632. The number of rotatable bonds is 6. The Morgan fingerprint density at radius 2 is 1.21 bits per heavy atom. The number of oxazole rings is 1. The first kappa shape index (κ1) is 28.3. The first-order valence-electron chi connectivity index (χ1n) is 16.6. The van der Waals surface area contributed by atoms with E-state index in [1.807, 2.05) is 12.1 Å². The van der Waals surface area contributed by atoms with Crippen molar-refractivity contribution in [2.45, 2.75) is 20.3 Å². The van der Waals surface area contributed by atoms with E-state index in [2.05, 4.69) is 148 Å². The maximum Gasteiger partial charge on any atom is 0.227 e. The van der Waals surface area contributed by atoms with Gasteiger partial charge in [-0.25, -0.2) is 4.98 Å². The Kier molecular flexibility index (Phi) is 6.51. The standard InChI is InChI=1S/C46H33NO/c1-4-29-8-14-31(15-9-29)35-20-25-43-42(26-35)47-46(48-43)41-27-40(33-16-10-30(5-2)11-17-33)38-22-19-34-18-21-36(32-12-6-28(3)7-13-32)37-23-24-39(41)45(38)44(34)37/h4,6-27H,1,5H2,2-3H3. The molecule has 0 fully saturated rings. The van der Waals surface area contributed by atoms with Gasteiger partial charge in [-0.15, -0.1) is 0 Å². The van der Waals surface area contributed by atoms with Gasteiger partial charge in [0, 0.05) is 5.56 Å². The quantitative estimate of drug-likeness (QED) is 0.174. The van der Waals surface area contributed by atoms with Crippen LogP contribution in [0.4, 0.5) is 0 Å². The molecule has 2 nitrogen and oxygen atoms in total. The summed E-state index contributed by atoms with van der Waals surface area (Å²) in [6.07, 6.45) is 2.87. The van der Waals surface area contributed by atoms with Crippen LogP contribution in [0, 0.1) is 6.92 Å². The zero-order valence-corrected chi connectivity index (χ0v) is 27.0. The number of aryl methyl sites for hydroxylation is 2. The normalized spacial score (nSPS) is 11.7. The van der Waals surface area contributed by atoms with Gasteiger partial charge in [0.1, 0.15) is 5.52 Å². The topological polar surface area (TPSA) is 26.0 Å². The summed E-state index contributed by atoms with van der Waals surface area (Å²) in [5.41, 5.74) is 13.4. The summed E-state index contributed by atoms with van der Waals surface area (Å²) in [7, 11) is 0. The monoisotopic (exact) mass is 615 g/mol. The van der Waals surface area contributed by atoms with Crippen LogP contribution in [-0.2, 0) is 6.42 Å². The number of benzene rings is 8. The van der Waals surface area contributed by atoms with Gasteiger partial charge in [0.05, 0.1) is 0 Å². The lowest BCUT2D eigenvalue weighted by atomic mass is 9.85. The third-order valence-electron chi connectivity index (χ3n) is 9.92. The molecule has 0 saturated carbocycles. The zero-order chi connectivity index (χ0) is 32.4. The van der Waals surface area contributed by atoms with Crippen LogP contribution in [0.15, 0.2) is 144 Å². The van der Waals surface area contributed by atoms with Gasteiger partial charge in [-0.05, 0) is 108 Å². The summed E-state index contributed by atoms with van der Waals surface area (Å²) in [5.74, 6) is 0.632. The largest absolute Gasteiger partial charge is 0.436 e. The average Bonchev–Trinajstić information content (AvgIpc) is 3.57. The van der Waals surface area contributed by atoms with Crippen LogP contribution in [0.1, 0.15) is 23.6 Å². The van der Waals surface area contributed by atoms with E-state index in [1.54, 1.807) is 0 Å². The van der Waals surface area contributed by atoms with E-state index in [1.165, 1.54) is 60.3 Å². The second kappa shape index (κ2) is 11.1. The van der Waals surface area contributed by atoms with Crippen LogP contribution in [0.2, 0.25) is 0 Å². The number of aromatic nitrogens is 1. The molecular weight excluding hydrogens is 583 g/mol. The van der Waals surface area contributed by atoms with E-state index < -0.39 is 0 Å². The Morgan fingerprint density at radius 1 is 0.583 bits per heavy atom. The van der Waals surface area contributed by atoms with Gasteiger partial charge in [0.15, 0.2) is 5.58 Å². The molecule has 0 saturated heterocycles. The maximum atomic E-state index is 6.58. The van der Waals surface area contributed by atoms with Gasteiger partial charge < -0.3 is 4.42 Å². The van der Waals surface area contributed by atoms with Crippen molar-refractivity contribution < 1.29 is 4.42 Å². The van der Waals surface area contributed by atoms with Gasteiger partial charge in [-0.3, -0.25) is 0 Å². The molecular formula is C46H33NO. The third-order valence-corrected chi connectivity index (χ3v) is 9.92. The number of hydrogen-bond acceptors (Lipinski definition) is 2. The predicted molar refractivity (Wildman–Crippen MR) is 204 cm³/mol. The fourth-order valence-electron chi connectivity index (χ4n) is 7.25. The molecule has 0 bridgehead atoms. The molecule has 0 aliphatic rings. The van der Waals surface area contributed by atoms with Crippen molar-refractivity contribution in [2.75, 3.05) is 0 Å². The minimum atomic E-state index is 0.632. The van der Waals surface area contributed by atoms with Crippen LogP contribution in [-0.4, -0.2) is 4.98 Å². The van der Waals surface area contributed by atoms with E-state index in [9.17, 15) is 0 Å². The van der Waals surface area contributed by atoms with Crippen molar-refractivity contribution in [3.8, 4) is 44.8 Å². The first-order valence-corrected chi connectivity index (χ1v) is 16.6. The molecule has 48 heavy (non-hydrogen) atoms. The van der Waals surface area contributed by atoms with Crippen molar-refractivity contribution >= 4 is 49.5 Å². The molecule has 0 aliphatic heterocycles. The number of hydrogen-bond donors (Lipinski definition) is 0. The molecule has 1 aromatic heterocycles. The van der Waals surface area contributed by atoms with E-state index in [4.69, 9.17) is 9.40 Å². The SMILES string of the molecule is C=Cc1ccc(-c2ccc3oc(-c4cc(-c5ccc(CC)cc5)c5ccc6ccc(-c7ccc(C)cc7)c7ccc4c5c67)nc3c2)cc1. The molecule has 228 valence electrons. The summed E-state index contributed by atoms with van der Waals surface area (Å²) in [4.78, 5) is 5.14. The molecule has 0 unspecified atom stereocenters. The van der Waals surface area contributed by atoms with Crippen LogP contribution in [0.25, 0.3) is 94.3 Å². The molecule has 0 amide bonds. The Labute approximate surface area is 280 Å². The Morgan fingerprint density at radius 3 is 1.96 bits per heavy atom. The highest BCUT2D eigenvalue weighted by Crippen LogP contribution is 2.46. The molecule has 0 radical (unpaired) electrons. The van der Waals surface area contributed by atoms with E-state index in [0.29, 0.717) is 5.89 Å². The highest BCUT2D eigenvalue weighted by atomic mass is 16.3. The molecule has 0 spiro atoms. The third kappa shape index (κ3) is 4.52. The molecule has 8 aromatic carbocycles. The van der Waals surface area contributed by atoms with Gasteiger partial charge >= 0.3 is 0 Å². The van der Waals surface area contributed by atoms with Gasteiger partial charge in [-0.1, -0.05) is 140 Å². The summed E-state index contributed by atoms with van der Waals surface area (Å²) >= 11 is 0. The smallest absolute Gasteiger partial charge is 0.227 e. The predicted octanol–water partition coefficient (Wildman–Crippen LogP) is 12.9. The van der Waals surface area contributed by atoms with Crippen molar-refractivity contribution in [2.24, 2.45) is 0 Å². The molecule has 0 atom stereocenters. The lowest BCUT2D eigenvalue weighted by Gasteiger charge is -2.18. The lowest BCUT2D eigenvalue weighted by molar-refractivity contribution is 0.620. The minimum Gasteiger partial charge on any atom is -0.436 e. The fraction of sp³-hybridized carbons (Fsp3) is 0.0652. The van der Waals surface area contributed by atoms with Crippen LogP contribution in [0.5, 0.6) is 0 Å². The summed E-state index contributed by atoms with van der Waals surface area (Å²) in [5, 5.41) is 7.38. The highest BCUT2D eigenvalue weighted by molar-refractivity contribution is 6.29. The van der Waals surface area contributed by atoms with Crippen molar-refractivity contribution in [3.05, 3.63) is 157 Å². The van der Waals surface area contributed by atoms with Crippen LogP contribution >= 0.6 is 0 Å². The van der Waals surface area contributed by atoms with E-state index in [0.717, 1.165) is 45.2 Å². The van der Waals surface area contributed by atoms with Gasteiger partial charge in [0.25, 0.3) is 0 Å². The molecule has 2 heteroatoms. The lowest BCUT2D eigenvalue weighted by Crippen LogP contribution is -1.92. The maximum absolute atomic E-state index is 6.58. The average molecular weight is 616 g/mol. The Balaban J connectivity index is 1.30. The van der Waals surface area contributed by atoms with E-state index >= 15 is 0 Å². The zero-order valence-electron chi connectivity index (χ0n) is 27.0. The Bertz CT molecular complexity index is 2640. The summed E-state index contributed by atoms with van der Waals surface area (Å²) in [6, 6.07) is 48.5. The second-order valence-corrected chi connectivity index (χ2v) is 12.8. The van der Waals surface area contributed by atoms with Crippen LogP contribution < -0.4 is 0 Å². The second-order valence-electron chi connectivity index (χ2n) is 12.8. The van der Waals surface area contributed by atoms with Crippen molar-refractivity contribution in [1.29, 1.82) is 0 Å². The first-order chi connectivity index (χ1) is 23.6. The molecule has 1 heterocycles. The van der Waals surface area contributed by atoms with E-state index in [-0.39, 0.29) is 0 Å². The molecule has 0 N–H and O–H groups in total. The molecule has 9 aromatic rings. The summed E-state index contributed by atoms with van der Waals surface area (Å²) < 4.78 is 6.58. The van der Waals surface area contributed by atoms with Gasteiger partial charge in [0.2, 0.25) is 5.89 Å². The summed E-state index contributed by atoms with van der Waals surface area (Å²) in [6.45, 7) is 8.22. The molecule has 9 rings (SSSR count). The Hall–Kier alpha value is -5.99. The number of nitrogens with zero attached hydrogens (tertiary/aromatic N) is 1. The van der Waals surface area contributed by atoms with Crippen LogP contribution in [0.3, 0.4) is 0 Å². The van der Waals surface area contributed by atoms with Crippen molar-refractivity contribution in [1.82, 2.24) is 4.98 Å². The van der Waals surface area contributed by atoms with Gasteiger partial charge in [-0.2, -0.15) is 0 Å². The highest BCUT2D eigenvalue weighted by Gasteiger charge is 2.21. The number of fused-ring (bicyclic) bond motifs is 1. The molecule has 0 aliphatic carbocycles.